The summed E-state index contributed by atoms with van der Waals surface area (Å²) in [6, 6.07) is 5.57. The standard InChI is InChI=1S/C21H23N5O3.ClH/c1-28-21-19-23-17(14-7-9-29-10-8-14)11-26(19)12-18(25-21)24-20(27)16-4-2-3-15(22-16)13-5-6-13;/h2-4,11-14H,5-10H2,1H3,(H,24,27);1H. The molecule has 158 valence electrons. The van der Waals surface area contributed by atoms with Crippen LogP contribution >= 0.6 is 12.4 Å². The SMILES string of the molecule is COc1nc(NC(=O)c2cccc(C3CC3)n2)cn2cc(C3CCOCC3)nc12.Cl. The van der Waals surface area contributed by atoms with Crippen LogP contribution in [0, 0.1) is 0 Å². The van der Waals surface area contributed by atoms with Gasteiger partial charge in [-0.25, -0.2) is 9.97 Å². The maximum atomic E-state index is 12.7. The van der Waals surface area contributed by atoms with Crippen LogP contribution in [-0.4, -0.2) is 45.6 Å². The van der Waals surface area contributed by atoms with E-state index in [1.165, 1.54) is 0 Å². The number of fused-ring (bicyclic) bond motifs is 1. The van der Waals surface area contributed by atoms with Crippen molar-refractivity contribution < 1.29 is 14.3 Å². The fourth-order valence-corrected chi connectivity index (χ4v) is 3.74. The zero-order valence-corrected chi connectivity index (χ0v) is 17.5. The van der Waals surface area contributed by atoms with Crippen molar-refractivity contribution in [3.8, 4) is 5.88 Å². The molecule has 1 saturated carbocycles. The number of nitrogens with zero attached hydrogens (tertiary/aromatic N) is 4. The molecule has 1 amide bonds. The van der Waals surface area contributed by atoms with Gasteiger partial charge >= 0.3 is 0 Å². The maximum absolute atomic E-state index is 12.7. The van der Waals surface area contributed by atoms with Crippen LogP contribution in [0.5, 0.6) is 5.88 Å². The molecule has 5 rings (SSSR count). The highest BCUT2D eigenvalue weighted by Gasteiger charge is 2.26. The summed E-state index contributed by atoms with van der Waals surface area (Å²) in [7, 11) is 1.55. The molecule has 0 spiro atoms. The van der Waals surface area contributed by atoms with Crippen molar-refractivity contribution in [1.82, 2.24) is 19.4 Å². The molecular formula is C21H24ClN5O3. The van der Waals surface area contributed by atoms with Gasteiger partial charge in [0, 0.05) is 36.9 Å². The molecule has 0 radical (unpaired) electrons. The van der Waals surface area contributed by atoms with E-state index in [9.17, 15) is 4.79 Å². The summed E-state index contributed by atoms with van der Waals surface area (Å²) in [6.45, 7) is 1.50. The van der Waals surface area contributed by atoms with Crippen molar-refractivity contribution in [3.63, 3.8) is 0 Å². The third-order valence-electron chi connectivity index (χ3n) is 5.50. The number of hydrogen-bond donors (Lipinski definition) is 1. The van der Waals surface area contributed by atoms with Gasteiger partial charge in [0.25, 0.3) is 11.8 Å². The molecule has 2 fully saturated rings. The topological polar surface area (TPSA) is 90.6 Å². The van der Waals surface area contributed by atoms with Crippen LogP contribution < -0.4 is 10.1 Å². The van der Waals surface area contributed by atoms with Crippen LogP contribution in [-0.2, 0) is 4.74 Å². The molecule has 0 atom stereocenters. The van der Waals surface area contributed by atoms with E-state index in [1.807, 2.05) is 22.7 Å². The van der Waals surface area contributed by atoms with Gasteiger partial charge in [-0.1, -0.05) is 6.07 Å². The van der Waals surface area contributed by atoms with Gasteiger partial charge in [-0.3, -0.25) is 9.20 Å². The molecule has 0 bridgehead atoms. The Bertz CT molecular complexity index is 1060. The van der Waals surface area contributed by atoms with E-state index in [2.05, 4.69) is 15.3 Å². The summed E-state index contributed by atoms with van der Waals surface area (Å²) in [5, 5.41) is 2.84. The van der Waals surface area contributed by atoms with Crippen LogP contribution in [0.2, 0.25) is 0 Å². The number of halogens is 1. The average molecular weight is 430 g/mol. The first-order valence-corrected chi connectivity index (χ1v) is 10.0. The minimum Gasteiger partial charge on any atom is -0.478 e. The molecule has 4 heterocycles. The first-order valence-electron chi connectivity index (χ1n) is 10.0. The molecular weight excluding hydrogens is 406 g/mol. The number of anilines is 1. The van der Waals surface area contributed by atoms with Gasteiger partial charge in [0.1, 0.15) is 5.69 Å². The number of aromatic nitrogens is 4. The first-order chi connectivity index (χ1) is 14.2. The molecule has 2 aliphatic rings. The monoisotopic (exact) mass is 429 g/mol. The van der Waals surface area contributed by atoms with Gasteiger partial charge in [-0.2, -0.15) is 4.98 Å². The highest BCUT2D eigenvalue weighted by molar-refractivity contribution is 6.02. The summed E-state index contributed by atoms with van der Waals surface area (Å²) in [5.41, 5.74) is 3.01. The zero-order valence-electron chi connectivity index (χ0n) is 16.7. The van der Waals surface area contributed by atoms with Crippen molar-refractivity contribution in [2.24, 2.45) is 0 Å². The molecule has 3 aromatic rings. The molecule has 0 aromatic carbocycles. The molecule has 1 saturated heterocycles. The van der Waals surface area contributed by atoms with E-state index < -0.39 is 0 Å². The normalized spacial score (nSPS) is 16.8. The molecule has 30 heavy (non-hydrogen) atoms. The number of rotatable bonds is 5. The smallest absolute Gasteiger partial charge is 0.275 e. The van der Waals surface area contributed by atoms with E-state index in [0.29, 0.717) is 34.9 Å². The molecule has 1 aliphatic carbocycles. The number of amides is 1. The summed E-state index contributed by atoms with van der Waals surface area (Å²) >= 11 is 0. The zero-order chi connectivity index (χ0) is 19.8. The second-order valence-corrected chi connectivity index (χ2v) is 7.59. The van der Waals surface area contributed by atoms with E-state index in [0.717, 1.165) is 50.3 Å². The van der Waals surface area contributed by atoms with Gasteiger partial charge < -0.3 is 14.8 Å². The lowest BCUT2D eigenvalue weighted by Gasteiger charge is -2.19. The Morgan fingerprint density at radius 2 is 1.83 bits per heavy atom. The Morgan fingerprint density at radius 3 is 2.57 bits per heavy atom. The lowest BCUT2D eigenvalue weighted by Crippen LogP contribution is -2.16. The summed E-state index contributed by atoms with van der Waals surface area (Å²) in [4.78, 5) is 26.3. The van der Waals surface area contributed by atoms with E-state index in [-0.39, 0.29) is 18.3 Å². The Labute approximate surface area is 180 Å². The highest BCUT2D eigenvalue weighted by atomic mass is 35.5. The van der Waals surface area contributed by atoms with Crippen LogP contribution in [0.1, 0.15) is 59.4 Å². The predicted octanol–water partition coefficient (Wildman–Crippen LogP) is 3.58. The van der Waals surface area contributed by atoms with Gasteiger partial charge in [0.2, 0.25) is 5.65 Å². The number of carbonyl (C=O) groups excluding carboxylic acids is 1. The second kappa shape index (κ2) is 8.57. The van der Waals surface area contributed by atoms with Gasteiger partial charge in [-0.15, -0.1) is 12.4 Å². The quantitative estimate of drug-likeness (QED) is 0.666. The Kier molecular flexibility index (Phi) is 5.87. The first kappa shape index (κ1) is 20.6. The number of methoxy groups -OCH3 is 1. The average Bonchev–Trinajstić information content (AvgIpc) is 3.53. The van der Waals surface area contributed by atoms with Crippen LogP contribution in [0.15, 0.2) is 30.6 Å². The number of nitrogens with one attached hydrogen (secondary N) is 1. The minimum atomic E-state index is -0.286. The Morgan fingerprint density at radius 1 is 1.07 bits per heavy atom. The minimum absolute atomic E-state index is 0. The molecule has 8 nitrogen and oxygen atoms in total. The summed E-state index contributed by atoms with van der Waals surface area (Å²) < 4.78 is 12.7. The fourth-order valence-electron chi connectivity index (χ4n) is 3.74. The van der Waals surface area contributed by atoms with Crippen molar-refractivity contribution in [2.75, 3.05) is 25.6 Å². The van der Waals surface area contributed by atoms with E-state index >= 15 is 0 Å². The number of hydrogen-bond acceptors (Lipinski definition) is 6. The van der Waals surface area contributed by atoms with Crippen molar-refractivity contribution >= 4 is 29.8 Å². The third kappa shape index (κ3) is 4.11. The van der Waals surface area contributed by atoms with Gasteiger partial charge in [-0.05, 0) is 37.8 Å². The second-order valence-electron chi connectivity index (χ2n) is 7.59. The fraction of sp³-hybridized carbons (Fsp3) is 0.429. The van der Waals surface area contributed by atoms with Crippen LogP contribution in [0.4, 0.5) is 5.82 Å². The van der Waals surface area contributed by atoms with Crippen molar-refractivity contribution in [1.29, 1.82) is 0 Å². The Balaban J connectivity index is 0.00000218. The summed E-state index contributed by atoms with van der Waals surface area (Å²) in [5.74, 6) is 1.34. The lowest BCUT2D eigenvalue weighted by molar-refractivity contribution is 0.0846. The van der Waals surface area contributed by atoms with Crippen molar-refractivity contribution in [3.05, 3.63) is 47.7 Å². The highest BCUT2D eigenvalue weighted by Crippen LogP contribution is 2.38. The predicted molar refractivity (Wildman–Crippen MR) is 114 cm³/mol. The van der Waals surface area contributed by atoms with Crippen LogP contribution in [0.25, 0.3) is 5.65 Å². The number of carbonyl (C=O) groups is 1. The van der Waals surface area contributed by atoms with Gasteiger partial charge in [0.15, 0.2) is 5.82 Å². The number of imidazole rings is 1. The molecule has 1 N–H and O–H groups in total. The Hall–Kier alpha value is -2.71. The van der Waals surface area contributed by atoms with Crippen LogP contribution in [0.3, 0.4) is 0 Å². The van der Waals surface area contributed by atoms with E-state index in [4.69, 9.17) is 14.5 Å². The molecule has 1 aliphatic heterocycles. The number of ether oxygens (including phenoxy) is 2. The molecule has 0 unspecified atom stereocenters. The lowest BCUT2D eigenvalue weighted by atomic mass is 9.97. The molecule has 9 heteroatoms. The largest absolute Gasteiger partial charge is 0.478 e. The third-order valence-corrected chi connectivity index (χ3v) is 5.50. The maximum Gasteiger partial charge on any atom is 0.275 e. The summed E-state index contributed by atoms with van der Waals surface area (Å²) in [6.07, 6.45) is 7.93. The van der Waals surface area contributed by atoms with Gasteiger partial charge in [0.05, 0.1) is 19.0 Å². The molecule has 3 aromatic heterocycles. The van der Waals surface area contributed by atoms with Crippen molar-refractivity contribution in [2.45, 2.75) is 37.5 Å². The van der Waals surface area contributed by atoms with E-state index in [1.54, 1.807) is 19.4 Å². The number of pyridine rings is 1.